The second kappa shape index (κ2) is 8.86. The normalized spacial score (nSPS) is 22.9. The van der Waals surface area contributed by atoms with Gasteiger partial charge in [-0.15, -0.1) is 0 Å². The molecule has 0 bridgehead atoms. The van der Waals surface area contributed by atoms with Crippen LogP contribution in [0.25, 0.3) is 11.0 Å². The molecule has 3 aliphatic heterocycles. The molecule has 3 aromatic rings. The third kappa shape index (κ3) is 4.07. The minimum absolute atomic E-state index is 0.138. The Bertz CT molecular complexity index is 1410. The van der Waals surface area contributed by atoms with Crippen molar-refractivity contribution in [3.8, 4) is 0 Å². The Kier molecular flexibility index (Phi) is 5.46. The van der Waals surface area contributed by atoms with Crippen LogP contribution in [-0.2, 0) is 29.1 Å². The Balaban J connectivity index is 1.11. The van der Waals surface area contributed by atoms with Crippen LogP contribution in [0.3, 0.4) is 0 Å². The van der Waals surface area contributed by atoms with Gasteiger partial charge in [-0.1, -0.05) is 0 Å². The minimum Gasteiger partial charge on any atom is -0.371 e. The third-order valence-corrected chi connectivity index (χ3v) is 8.52. The van der Waals surface area contributed by atoms with E-state index >= 15 is 0 Å². The average Bonchev–Trinajstić information content (AvgIpc) is 3.58. The van der Waals surface area contributed by atoms with Crippen LogP contribution >= 0.6 is 0 Å². The quantitative estimate of drug-likeness (QED) is 0.515. The van der Waals surface area contributed by atoms with Crippen molar-refractivity contribution in [2.45, 2.75) is 70.1 Å². The van der Waals surface area contributed by atoms with Crippen LogP contribution in [0.4, 0.5) is 5.69 Å². The molecule has 2 saturated heterocycles. The second-order valence-corrected chi connectivity index (χ2v) is 11.1. The number of fused-ring (bicyclic) bond motifs is 2. The van der Waals surface area contributed by atoms with Crippen molar-refractivity contribution in [3.05, 3.63) is 46.1 Å². The predicted molar refractivity (Wildman–Crippen MR) is 138 cm³/mol. The van der Waals surface area contributed by atoms with Crippen molar-refractivity contribution in [2.24, 2.45) is 5.92 Å². The van der Waals surface area contributed by atoms with E-state index in [2.05, 4.69) is 38.4 Å². The lowest BCUT2D eigenvalue weighted by Gasteiger charge is -2.33. The first-order chi connectivity index (χ1) is 18.0. The predicted octanol–water partition coefficient (Wildman–Crippen LogP) is 1.87. The summed E-state index contributed by atoms with van der Waals surface area (Å²) in [6.45, 7) is 4.81. The van der Waals surface area contributed by atoms with E-state index in [0.717, 1.165) is 81.5 Å². The first-order valence-electron chi connectivity index (χ1n) is 13.7. The fourth-order valence-corrected chi connectivity index (χ4v) is 6.39. The Morgan fingerprint density at radius 3 is 2.51 bits per heavy atom. The number of anilines is 1. The van der Waals surface area contributed by atoms with Gasteiger partial charge in [-0.2, -0.15) is 5.10 Å². The highest BCUT2D eigenvalue weighted by Crippen LogP contribution is 2.38. The highest BCUT2D eigenvalue weighted by atomic mass is 16.2. The number of benzene rings is 1. The van der Waals surface area contributed by atoms with Gasteiger partial charge in [-0.25, -0.2) is 4.79 Å². The number of hydrogen-bond acceptors (Lipinski definition) is 6. The molecule has 1 aliphatic carbocycles. The topological polar surface area (TPSA) is 106 Å². The molecule has 7 rings (SSSR count). The summed E-state index contributed by atoms with van der Waals surface area (Å²) in [7, 11) is 0. The highest BCUT2D eigenvalue weighted by molar-refractivity contribution is 6.00. The van der Waals surface area contributed by atoms with Crippen LogP contribution in [0.2, 0.25) is 0 Å². The van der Waals surface area contributed by atoms with Gasteiger partial charge in [0.2, 0.25) is 11.8 Å². The molecule has 37 heavy (non-hydrogen) atoms. The van der Waals surface area contributed by atoms with Crippen LogP contribution in [0, 0.1) is 5.92 Å². The molecule has 0 spiro atoms. The zero-order valence-electron chi connectivity index (χ0n) is 21.0. The maximum atomic E-state index is 13.5. The summed E-state index contributed by atoms with van der Waals surface area (Å²) in [4.78, 5) is 40.2. The van der Waals surface area contributed by atoms with E-state index in [1.165, 1.54) is 11.4 Å². The lowest BCUT2D eigenvalue weighted by Crippen LogP contribution is -2.44. The Morgan fingerprint density at radius 2 is 1.76 bits per heavy atom. The number of imide groups is 1. The van der Waals surface area contributed by atoms with Crippen LogP contribution in [0.1, 0.15) is 62.0 Å². The van der Waals surface area contributed by atoms with Gasteiger partial charge < -0.3 is 10.2 Å². The van der Waals surface area contributed by atoms with Gasteiger partial charge in [0.15, 0.2) is 0 Å². The molecule has 0 radical (unpaired) electrons. The number of imidazole rings is 1. The number of rotatable bonds is 5. The van der Waals surface area contributed by atoms with Crippen molar-refractivity contribution < 1.29 is 9.59 Å². The van der Waals surface area contributed by atoms with Gasteiger partial charge >= 0.3 is 5.69 Å². The number of hydrogen-bond donors (Lipinski definition) is 2. The molecule has 1 unspecified atom stereocenters. The van der Waals surface area contributed by atoms with Crippen LogP contribution in [0.5, 0.6) is 0 Å². The summed E-state index contributed by atoms with van der Waals surface area (Å²) in [5.74, 6) is -0.0206. The second-order valence-electron chi connectivity index (χ2n) is 11.1. The molecule has 10 nitrogen and oxygen atoms in total. The zero-order chi connectivity index (χ0) is 25.1. The molecule has 4 aliphatic rings. The maximum absolute atomic E-state index is 13.5. The van der Waals surface area contributed by atoms with Gasteiger partial charge in [-0.3, -0.25) is 28.7 Å². The van der Waals surface area contributed by atoms with Gasteiger partial charge in [0, 0.05) is 44.3 Å². The van der Waals surface area contributed by atoms with E-state index in [4.69, 9.17) is 5.10 Å². The first-order valence-corrected chi connectivity index (χ1v) is 13.7. The van der Waals surface area contributed by atoms with Crippen LogP contribution < -0.4 is 21.2 Å². The summed E-state index contributed by atoms with van der Waals surface area (Å²) >= 11 is 0. The van der Waals surface area contributed by atoms with E-state index in [-0.39, 0.29) is 30.0 Å². The summed E-state index contributed by atoms with van der Waals surface area (Å²) in [5, 5.41) is 10.6. The molecule has 5 heterocycles. The van der Waals surface area contributed by atoms with E-state index in [1.54, 1.807) is 4.57 Å². The summed E-state index contributed by atoms with van der Waals surface area (Å²) in [6.07, 6.45) is 5.85. The average molecular weight is 504 g/mol. The molecule has 2 aromatic heterocycles. The smallest absolute Gasteiger partial charge is 0.330 e. The maximum Gasteiger partial charge on any atom is 0.330 e. The lowest BCUT2D eigenvalue weighted by atomic mass is 9.92. The number of carbonyl (C=O) groups is 2. The molecule has 3 fully saturated rings. The summed E-state index contributed by atoms with van der Waals surface area (Å²) < 4.78 is 5.65. The molecular weight excluding hydrogens is 470 g/mol. The fourth-order valence-electron chi connectivity index (χ4n) is 6.39. The number of piperidine rings is 2. The van der Waals surface area contributed by atoms with Crippen molar-refractivity contribution in [1.29, 1.82) is 0 Å². The van der Waals surface area contributed by atoms with Crippen LogP contribution in [0.15, 0.2) is 29.1 Å². The number of aromatic nitrogens is 4. The van der Waals surface area contributed by atoms with E-state index < -0.39 is 6.04 Å². The molecule has 1 atom stereocenters. The Labute approximate surface area is 214 Å². The van der Waals surface area contributed by atoms with E-state index in [9.17, 15) is 14.4 Å². The number of amides is 2. The molecule has 194 valence electrons. The summed E-state index contributed by atoms with van der Waals surface area (Å²) in [5.41, 5.74) is 5.17. The Hall–Kier alpha value is -3.40. The lowest BCUT2D eigenvalue weighted by molar-refractivity contribution is -0.135. The molecular formula is C27H33N7O3. The molecule has 10 heteroatoms. The molecule has 2 amide bonds. The van der Waals surface area contributed by atoms with E-state index in [0.29, 0.717) is 12.3 Å². The fraction of sp³-hybridized carbons (Fsp3) is 0.556. The number of carbonyl (C=O) groups excluding carboxylic acids is 2. The van der Waals surface area contributed by atoms with Gasteiger partial charge in [0.1, 0.15) is 6.04 Å². The molecule has 2 N–H and O–H groups in total. The highest BCUT2D eigenvalue weighted by Gasteiger charge is 2.35. The molecule has 1 saturated carbocycles. The van der Waals surface area contributed by atoms with Gasteiger partial charge in [0.05, 0.1) is 29.0 Å². The standard InChI is InChI=1S/C27H33N7O3/c35-25-6-5-23(26(36)29-25)34-22-4-3-20(15-24(22)33(27(34)37)19-1-2-19)31-10-7-17(8-11-31)13-18-14-21-16-28-9-12-32(21)30-18/h3-4,14-15,17,19,23,28H,1-2,5-13,16H2,(H,29,35,36). The SMILES string of the molecule is O=C1CCC(n2c(=O)n(C3CC3)c3cc(N4CCC(Cc5cc6n(n5)CCNC6)CC4)ccc32)C(=O)N1. The zero-order valence-corrected chi connectivity index (χ0v) is 21.0. The summed E-state index contributed by atoms with van der Waals surface area (Å²) in [6, 6.07) is 8.02. The first kappa shape index (κ1) is 22.8. The largest absolute Gasteiger partial charge is 0.371 e. The third-order valence-electron chi connectivity index (χ3n) is 8.52. The van der Waals surface area contributed by atoms with Crippen molar-refractivity contribution in [3.63, 3.8) is 0 Å². The van der Waals surface area contributed by atoms with Crippen molar-refractivity contribution in [2.75, 3.05) is 24.5 Å². The van der Waals surface area contributed by atoms with Crippen molar-refractivity contribution in [1.82, 2.24) is 29.5 Å². The minimum atomic E-state index is -0.640. The Morgan fingerprint density at radius 1 is 0.919 bits per heavy atom. The number of nitrogens with zero attached hydrogens (tertiary/aromatic N) is 5. The van der Waals surface area contributed by atoms with Gasteiger partial charge in [-0.05, 0) is 68.7 Å². The monoisotopic (exact) mass is 503 g/mol. The van der Waals surface area contributed by atoms with Gasteiger partial charge in [0.25, 0.3) is 0 Å². The van der Waals surface area contributed by atoms with Crippen LogP contribution in [-0.4, -0.2) is 50.4 Å². The van der Waals surface area contributed by atoms with Crippen molar-refractivity contribution >= 4 is 28.5 Å². The van der Waals surface area contributed by atoms with E-state index in [1.807, 2.05) is 10.6 Å². The molecule has 1 aromatic carbocycles. The number of nitrogens with one attached hydrogen (secondary N) is 2.